The summed E-state index contributed by atoms with van der Waals surface area (Å²) in [4.78, 5) is 55.0. The van der Waals surface area contributed by atoms with Gasteiger partial charge in [-0.2, -0.15) is 5.26 Å². The molecule has 0 atom stereocenters. The minimum Gasteiger partial charge on any atom is -0.213 e. The van der Waals surface area contributed by atoms with E-state index in [0.29, 0.717) is 69.6 Å². The highest BCUT2D eigenvalue weighted by Crippen LogP contribution is 2.33. The predicted molar refractivity (Wildman–Crippen MR) is 451 cm³/mol. The molecule has 18 aromatic rings. The lowest BCUT2D eigenvalue weighted by atomic mass is 10.0. The summed E-state index contributed by atoms with van der Waals surface area (Å²) in [7, 11) is 0. The summed E-state index contributed by atoms with van der Waals surface area (Å²) in [6, 6.07) is 127. The van der Waals surface area contributed by atoms with Crippen LogP contribution in [-0.4, -0.2) is 59.8 Å². The van der Waals surface area contributed by atoms with Crippen molar-refractivity contribution in [2.24, 2.45) is 0 Å². The Hall–Kier alpha value is -15.1. The van der Waals surface area contributed by atoms with Crippen LogP contribution in [0.4, 0.5) is 0 Å². The Kier molecular flexibility index (Phi) is 22.4. The molecule has 0 aliphatic rings. The minimum absolute atomic E-state index is 0.604. The first-order valence-corrected chi connectivity index (χ1v) is 36.8. The van der Waals surface area contributed by atoms with E-state index in [0.717, 1.165) is 67.0 Å². The molecule has 0 unspecified atom stereocenters. The molecule has 0 amide bonds. The molecule has 0 saturated heterocycles. The molecule has 0 aliphatic heterocycles. The van der Waals surface area contributed by atoms with E-state index in [1.807, 2.05) is 185 Å². The number of rotatable bonds is 13. The quantitative estimate of drug-likeness (QED) is 0.107. The van der Waals surface area contributed by atoms with E-state index in [1.54, 1.807) is 12.1 Å². The van der Waals surface area contributed by atoms with Crippen LogP contribution in [0.1, 0.15) is 28.9 Å². The second-order valence-electron chi connectivity index (χ2n) is 26.5. The lowest BCUT2D eigenvalue weighted by Crippen LogP contribution is -1.99. The largest absolute Gasteiger partial charge is 0.213 e. The van der Waals surface area contributed by atoms with E-state index in [-0.39, 0.29) is 0 Å². The third-order valence-corrected chi connectivity index (χ3v) is 18.5. The second-order valence-corrected chi connectivity index (χ2v) is 26.5. The molecule has 13 heteroatoms. The standard InChI is InChI=1S/C28H21N3.C26H19N3.C23H16N4.C22H17N3/c1-20-29-27(24-17-15-23(16-18-24)21-9-4-2-5-10-21)31-28(30-20)26-14-8-13-25(19-26)22-11-6-3-7-12-22;1-18-27-25(21-8-3-2-4-9-21)29-26(28-18)22-14-11-20(12-15-22)24-16-13-19-7-5-6-10-23(19)17-24;1-16-25-22(19-12-10-17(15-24)11-13-19)27-23(26-16)21-9-5-8-20(14-21)18-6-3-2-4-7-18;1-16-23-21(19-10-6-3-7-11-19)25-22(24-16)20-14-12-18(13-15-20)17-8-4-2-5-9-17/h2-19H,1H3;2-17H,1H3;2-14H,1H3;2-15H,1H3. The fraction of sp³-hybridized carbons (Fsp3) is 0.0404. The van der Waals surface area contributed by atoms with Crippen LogP contribution in [0, 0.1) is 39.0 Å². The number of hydrogen-bond acceptors (Lipinski definition) is 13. The number of aromatic nitrogens is 12. The molecule has 0 N–H and O–H groups in total. The molecule has 0 fully saturated rings. The van der Waals surface area contributed by atoms with Crippen LogP contribution < -0.4 is 0 Å². The van der Waals surface area contributed by atoms with Gasteiger partial charge in [0, 0.05) is 44.5 Å². The first kappa shape index (κ1) is 72.4. The summed E-state index contributed by atoms with van der Waals surface area (Å²) < 4.78 is 0. The Balaban J connectivity index is 0.000000118. The number of hydrogen-bond donors (Lipinski definition) is 0. The molecular weight excluding hydrogens is 1370 g/mol. The van der Waals surface area contributed by atoms with E-state index in [1.165, 1.54) is 49.7 Å². The molecule has 4 aromatic heterocycles. The van der Waals surface area contributed by atoms with Gasteiger partial charge in [-0.05, 0) is 137 Å². The van der Waals surface area contributed by atoms with Gasteiger partial charge in [0.25, 0.3) is 0 Å². The normalized spacial score (nSPS) is 10.7. The van der Waals surface area contributed by atoms with Gasteiger partial charge in [0.2, 0.25) is 0 Å². The smallest absolute Gasteiger partial charge is 0.163 e. The fourth-order valence-electron chi connectivity index (χ4n) is 12.8. The van der Waals surface area contributed by atoms with Gasteiger partial charge in [0.05, 0.1) is 11.6 Å². The van der Waals surface area contributed by atoms with Gasteiger partial charge in [-0.25, -0.2) is 59.8 Å². The van der Waals surface area contributed by atoms with Gasteiger partial charge in [0.15, 0.2) is 46.6 Å². The van der Waals surface area contributed by atoms with Crippen LogP contribution in [0.5, 0.6) is 0 Å². The fourth-order valence-corrected chi connectivity index (χ4v) is 12.8. The highest BCUT2D eigenvalue weighted by Gasteiger charge is 2.16. The minimum atomic E-state index is 0.604. The molecule has 18 rings (SSSR count). The third-order valence-electron chi connectivity index (χ3n) is 18.5. The number of nitriles is 1. The topological polar surface area (TPSA) is 178 Å². The van der Waals surface area contributed by atoms with Crippen LogP contribution in [-0.2, 0) is 0 Å². The van der Waals surface area contributed by atoms with Crippen molar-refractivity contribution >= 4 is 10.8 Å². The van der Waals surface area contributed by atoms with Gasteiger partial charge in [0.1, 0.15) is 23.3 Å². The van der Waals surface area contributed by atoms with Gasteiger partial charge >= 0.3 is 0 Å². The Morgan fingerprint density at radius 3 is 0.670 bits per heavy atom. The maximum absolute atomic E-state index is 8.96. The molecule has 14 aromatic carbocycles. The molecule has 534 valence electrons. The Labute approximate surface area is 651 Å². The van der Waals surface area contributed by atoms with Gasteiger partial charge in [-0.15, -0.1) is 0 Å². The third kappa shape index (κ3) is 18.1. The van der Waals surface area contributed by atoms with Crippen LogP contribution in [0.2, 0.25) is 0 Å². The molecule has 0 aliphatic carbocycles. The summed E-state index contributed by atoms with van der Waals surface area (Å²) in [6.45, 7) is 7.57. The predicted octanol–water partition coefficient (Wildman–Crippen LogP) is 23.4. The summed E-state index contributed by atoms with van der Waals surface area (Å²) >= 11 is 0. The monoisotopic (exact) mass is 1440 g/mol. The molecule has 0 bridgehead atoms. The SMILES string of the molecule is Cc1nc(-c2ccc(-c3ccccc3)cc2)nc(-c2cccc(-c3ccccc3)c2)n1.Cc1nc(-c2ccc(C#N)cc2)nc(-c2cccc(-c3ccccc3)c2)n1.Cc1nc(-c2ccccc2)nc(-c2ccc(-c3ccc4ccccc4c3)cc2)n1.Cc1nc(-c2ccccc2)nc(-c2ccc(-c3ccccc3)cc2)n1. The molecular formula is C99H73N13. The highest BCUT2D eigenvalue weighted by atomic mass is 15.1. The Bertz CT molecular complexity index is 6250. The maximum atomic E-state index is 8.96. The second kappa shape index (κ2) is 34.6. The number of benzene rings is 14. The van der Waals surface area contributed by atoms with E-state index >= 15 is 0 Å². The zero-order valence-electron chi connectivity index (χ0n) is 62.0. The molecule has 13 nitrogen and oxygen atoms in total. The van der Waals surface area contributed by atoms with Crippen molar-refractivity contribution in [3.63, 3.8) is 0 Å². The summed E-state index contributed by atoms with van der Waals surface area (Å²) in [6.07, 6.45) is 0. The van der Waals surface area contributed by atoms with Gasteiger partial charge in [-0.1, -0.05) is 328 Å². The van der Waals surface area contributed by atoms with E-state index in [4.69, 9.17) is 15.2 Å². The Morgan fingerprint density at radius 2 is 0.357 bits per heavy atom. The van der Waals surface area contributed by atoms with Gasteiger partial charge < -0.3 is 0 Å². The molecule has 4 heterocycles. The summed E-state index contributed by atoms with van der Waals surface area (Å²) in [5.74, 6) is 8.21. The number of aryl methyl sites for hydroxylation is 4. The zero-order valence-corrected chi connectivity index (χ0v) is 62.0. The van der Waals surface area contributed by atoms with Crippen LogP contribution in [0.15, 0.2) is 370 Å². The van der Waals surface area contributed by atoms with Crippen molar-refractivity contribution in [2.45, 2.75) is 27.7 Å². The first-order valence-electron chi connectivity index (χ1n) is 36.8. The summed E-state index contributed by atoms with van der Waals surface area (Å²) in [5.41, 5.74) is 20.0. The van der Waals surface area contributed by atoms with E-state index in [9.17, 15) is 0 Å². The zero-order chi connectivity index (χ0) is 76.4. The van der Waals surface area contributed by atoms with Crippen molar-refractivity contribution in [2.75, 3.05) is 0 Å². The van der Waals surface area contributed by atoms with Crippen molar-refractivity contribution in [1.82, 2.24) is 59.8 Å². The lowest BCUT2D eigenvalue weighted by molar-refractivity contribution is 0.991. The van der Waals surface area contributed by atoms with E-state index < -0.39 is 0 Å². The van der Waals surface area contributed by atoms with Gasteiger partial charge in [-0.3, -0.25) is 0 Å². The van der Waals surface area contributed by atoms with Crippen LogP contribution in [0.25, 0.3) is 158 Å². The summed E-state index contributed by atoms with van der Waals surface area (Å²) in [5, 5.41) is 11.5. The highest BCUT2D eigenvalue weighted by molar-refractivity contribution is 5.88. The Morgan fingerprint density at radius 1 is 0.161 bits per heavy atom. The average molecular weight is 1440 g/mol. The van der Waals surface area contributed by atoms with Crippen LogP contribution >= 0.6 is 0 Å². The first-order chi connectivity index (χ1) is 55.0. The average Bonchev–Trinajstić information content (AvgIpc) is 0.819. The number of fused-ring (bicyclic) bond motifs is 1. The van der Waals surface area contributed by atoms with Crippen molar-refractivity contribution in [3.8, 4) is 153 Å². The molecule has 0 radical (unpaired) electrons. The maximum Gasteiger partial charge on any atom is 0.163 e. The van der Waals surface area contributed by atoms with Crippen molar-refractivity contribution in [3.05, 3.63) is 399 Å². The van der Waals surface area contributed by atoms with Crippen molar-refractivity contribution in [1.29, 1.82) is 5.26 Å². The van der Waals surface area contributed by atoms with E-state index in [2.05, 4.69) is 256 Å². The molecule has 0 spiro atoms. The van der Waals surface area contributed by atoms with Crippen LogP contribution in [0.3, 0.4) is 0 Å². The molecule has 0 saturated carbocycles. The van der Waals surface area contributed by atoms with Crippen molar-refractivity contribution < 1.29 is 0 Å². The molecule has 112 heavy (non-hydrogen) atoms. The number of nitrogens with zero attached hydrogens (tertiary/aromatic N) is 13. The lowest BCUT2D eigenvalue weighted by Gasteiger charge is -2.08.